The zero-order valence-corrected chi connectivity index (χ0v) is 14.7. The van der Waals surface area contributed by atoms with Gasteiger partial charge in [0.05, 0.1) is 13.2 Å². The lowest BCUT2D eigenvalue weighted by Crippen LogP contribution is -2.04. The minimum absolute atomic E-state index is 0.0507. The second-order valence-electron chi connectivity index (χ2n) is 6.31. The van der Waals surface area contributed by atoms with Crippen LogP contribution in [0.25, 0.3) is 6.08 Å². The monoisotopic (exact) mass is 342 g/mol. The van der Waals surface area contributed by atoms with E-state index < -0.39 is 6.10 Å². The Kier molecular flexibility index (Phi) is 7.61. The van der Waals surface area contributed by atoms with E-state index in [1.165, 1.54) is 7.11 Å². The number of unbranched alkanes of at least 4 members (excludes halogenated alkanes) is 3. The van der Waals surface area contributed by atoms with Gasteiger partial charge in [0.15, 0.2) is 5.78 Å². The van der Waals surface area contributed by atoms with Gasteiger partial charge in [-0.15, -0.1) is 0 Å². The largest absolute Gasteiger partial charge is 0.469 e. The van der Waals surface area contributed by atoms with Gasteiger partial charge in [-0.05, 0) is 30.4 Å². The maximum atomic E-state index is 12.1. The zero-order chi connectivity index (χ0) is 18.1. The summed E-state index contributed by atoms with van der Waals surface area (Å²) in [6, 6.07) is 9.84. The molecule has 0 fully saturated rings. The van der Waals surface area contributed by atoms with Gasteiger partial charge in [-0.1, -0.05) is 55.3 Å². The summed E-state index contributed by atoms with van der Waals surface area (Å²) < 4.78 is 4.61. The maximum absolute atomic E-state index is 12.1. The van der Waals surface area contributed by atoms with Crippen molar-refractivity contribution in [1.29, 1.82) is 0 Å². The van der Waals surface area contributed by atoms with Crippen molar-refractivity contribution in [2.24, 2.45) is 0 Å². The van der Waals surface area contributed by atoms with Crippen molar-refractivity contribution in [3.8, 4) is 0 Å². The highest BCUT2D eigenvalue weighted by Gasteiger charge is 2.28. The van der Waals surface area contributed by atoms with Crippen LogP contribution in [0.2, 0.25) is 0 Å². The number of carbonyl (C=O) groups excluding carboxylic acids is 2. The molecule has 0 aromatic heterocycles. The van der Waals surface area contributed by atoms with Crippen LogP contribution in [0.5, 0.6) is 0 Å². The van der Waals surface area contributed by atoms with Crippen molar-refractivity contribution < 1.29 is 19.4 Å². The van der Waals surface area contributed by atoms with E-state index in [4.69, 9.17) is 0 Å². The molecule has 0 amide bonds. The highest BCUT2D eigenvalue weighted by Crippen LogP contribution is 2.29. The summed E-state index contributed by atoms with van der Waals surface area (Å²) in [4.78, 5) is 23.2. The third-order valence-corrected chi connectivity index (χ3v) is 4.46. The molecule has 0 aliphatic heterocycles. The first-order valence-electron chi connectivity index (χ1n) is 8.86. The third kappa shape index (κ3) is 5.98. The fourth-order valence-electron chi connectivity index (χ4n) is 3.04. The molecule has 134 valence electrons. The van der Waals surface area contributed by atoms with Crippen molar-refractivity contribution in [3.63, 3.8) is 0 Å². The minimum atomic E-state index is -0.693. The van der Waals surface area contributed by atoms with Crippen LogP contribution in [-0.2, 0) is 14.3 Å². The number of ketones is 1. The molecule has 0 saturated carbocycles. The predicted octanol–water partition coefficient (Wildman–Crippen LogP) is 3.84. The Morgan fingerprint density at radius 1 is 1.16 bits per heavy atom. The van der Waals surface area contributed by atoms with Gasteiger partial charge in [0.1, 0.15) is 0 Å². The summed E-state index contributed by atoms with van der Waals surface area (Å²) in [5, 5.41) is 10.2. The molecule has 0 saturated heterocycles. The molecule has 0 heterocycles. The number of carbonyl (C=O) groups is 2. The number of rotatable bonds is 9. The lowest BCUT2D eigenvalue weighted by atomic mass is 10.0. The summed E-state index contributed by atoms with van der Waals surface area (Å²) in [6.45, 7) is 0. The molecule has 0 bridgehead atoms. The molecule has 1 aromatic rings. The van der Waals surface area contributed by atoms with Gasteiger partial charge >= 0.3 is 5.97 Å². The smallest absolute Gasteiger partial charge is 0.305 e. The number of hydrogen-bond acceptors (Lipinski definition) is 4. The first kappa shape index (κ1) is 19.1. The predicted molar refractivity (Wildman–Crippen MR) is 97.9 cm³/mol. The number of benzene rings is 1. The number of hydrogen-bond donors (Lipinski definition) is 1. The number of ether oxygens (including phenoxy) is 1. The Morgan fingerprint density at radius 2 is 1.88 bits per heavy atom. The first-order chi connectivity index (χ1) is 12.1. The van der Waals surface area contributed by atoms with E-state index in [-0.39, 0.29) is 18.2 Å². The number of esters is 1. The molecule has 4 nitrogen and oxygen atoms in total. The molecule has 2 rings (SSSR count). The number of methoxy groups -OCH3 is 1. The molecule has 0 spiro atoms. The number of Topliss-reactive ketones (excluding diaryl/α,β-unsaturated/α-hetero) is 1. The maximum Gasteiger partial charge on any atom is 0.305 e. The Labute approximate surface area is 149 Å². The average molecular weight is 342 g/mol. The molecule has 1 aliphatic rings. The molecular weight excluding hydrogens is 316 g/mol. The minimum Gasteiger partial charge on any atom is -0.469 e. The van der Waals surface area contributed by atoms with Crippen LogP contribution in [-0.4, -0.2) is 30.1 Å². The Morgan fingerprint density at radius 3 is 2.60 bits per heavy atom. The fraction of sp³-hybridized carbons (Fsp3) is 0.429. The molecule has 25 heavy (non-hydrogen) atoms. The summed E-state index contributed by atoms with van der Waals surface area (Å²) >= 11 is 0. The molecule has 1 aromatic carbocycles. The van der Waals surface area contributed by atoms with Gasteiger partial charge in [0, 0.05) is 18.4 Å². The topological polar surface area (TPSA) is 63.6 Å². The van der Waals surface area contributed by atoms with Crippen molar-refractivity contribution >= 4 is 17.8 Å². The second kappa shape index (κ2) is 9.94. The average Bonchev–Trinajstić information content (AvgIpc) is 2.89. The van der Waals surface area contributed by atoms with E-state index in [1.807, 2.05) is 42.5 Å². The van der Waals surface area contributed by atoms with Crippen LogP contribution in [0.15, 0.2) is 47.6 Å². The van der Waals surface area contributed by atoms with Crippen LogP contribution < -0.4 is 0 Å². The van der Waals surface area contributed by atoms with Crippen LogP contribution in [0.4, 0.5) is 0 Å². The molecule has 4 heteroatoms. The Hall–Kier alpha value is -2.20. The van der Waals surface area contributed by atoms with Crippen molar-refractivity contribution in [1.82, 2.24) is 0 Å². The van der Waals surface area contributed by atoms with Crippen molar-refractivity contribution in [2.45, 2.75) is 51.0 Å². The van der Waals surface area contributed by atoms with Gasteiger partial charge in [0.2, 0.25) is 0 Å². The third-order valence-electron chi connectivity index (χ3n) is 4.46. The van der Waals surface area contributed by atoms with Gasteiger partial charge in [0.25, 0.3) is 0 Å². The van der Waals surface area contributed by atoms with Crippen molar-refractivity contribution in [3.05, 3.63) is 53.1 Å². The lowest BCUT2D eigenvalue weighted by molar-refractivity contribution is -0.140. The van der Waals surface area contributed by atoms with Gasteiger partial charge < -0.3 is 9.84 Å². The fourth-order valence-corrected chi connectivity index (χ4v) is 3.04. The van der Waals surface area contributed by atoms with E-state index in [0.29, 0.717) is 12.8 Å². The first-order valence-corrected chi connectivity index (χ1v) is 8.86. The molecule has 1 unspecified atom stereocenters. The molecule has 1 aliphatic carbocycles. The van der Waals surface area contributed by atoms with Crippen LogP contribution >= 0.6 is 0 Å². The van der Waals surface area contributed by atoms with Gasteiger partial charge in [-0.3, -0.25) is 9.59 Å². The summed E-state index contributed by atoms with van der Waals surface area (Å²) in [6.07, 6.45) is 8.03. The summed E-state index contributed by atoms with van der Waals surface area (Å²) in [5.74, 6) is -0.125. The van der Waals surface area contributed by atoms with Crippen LogP contribution in [0.1, 0.15) is 50.5 Å². The highest BCUT2D eigenvalue weighted by atomic mass is 16.5. The normalized spacial score (nSPS) is 17.5. The summed E-state index contributed by atoms with van der Waals surface area (Å²) in [5.41, 5.74) is 2.56. The van der Waals surface area contributed by atoms with Gasteiger partial charge in [-0.2, -0.15) is 0 Å². The van der Waals surface area contributed by atoms with Gasteiger partial charge in [-0.25, -0.2) is 0 Å². The van der Waals surface area contributed by atoms with E-state index in [0.717, 1.165) is 42.4 Å². The van der Waals surface area contributed by atoms with E-state index >= 15 is 0 Å². The Balaban J connectivity index is 1.88. The summed E-state index contributed by atoms with van der Waals surface area (Å²) in [7, 11) is 1.40. The zero-order valence-electron chi connectivity index (χ0n) is 14.7. The van der Waals surface area contributed by atoms with E-state index in [2.05, 4.69) is 4.74 Å². The SMILES string of the molecule is COC(=O)CCCCCCC1=C(C=Cc2ccccc2)C(O)CC1=O. The van der Waals surface area contributed by atoms with Crippen LogP contribution in [0, 0.1) is 0 Å². The number of aliphatic hydroxyl groups is 1. The van der Waals surface area contributed by atoms with Crippen LogP contribution in [0.3, 0.4) is 0 Å². The lowest BCUT2D eigenvalue weighted by Gasteiger charge is -2.06. The molecule has 0 radical (unpaired) electrons. The molecular formula is C21H26O4. The molecule has 1 N–H and O–H groups in total. The standard InChI is InChI=1S/C21H26O4/c1-25-21(24)12-8-3-2-7-11-17-18(20(23)15-19(17)22)14-13-16-9-5-4-6-10-16/h4-6,9-10,13-14,20,23H,2-3,7-8,11-12,15H2,1H3. The number of allylic oxidation sites excluding steroid dienone is 1. The van der Waals surface area contributed by atoms with E-state index in [9.17, 15) is 14.7 Å². The van der Waals surface area contributed by atoms with Crippen molar-refractivity contribution in [2.75, 3.05) is 7.11 Å². The Bertz CT molecular complexity index is 643. The highest BCUT2D eigenvalue weighted by molar-refractivity contribution is 6.00. The van der Waals surface area contributed by atoms with E-state index in [1.54, 1.807) is 0 Å². The second-order valence-corrected chi connectivity index (χ2v) is 6.31. The quantitative estimate of drug-likeness (QED) is 0.547. The molecule has 1 atom stereocenters. The number of aliphatic hydroxyl groups excluding tert-OH is 1.